The van der Waals surface area contributed by atoms with Gasteiger partial charge in [-0.1, -0.05) is 58.0 Å². The Kier molecular flexibility index (Phi) is 3.67. The molecule has 0 radical (unpaired) electrons. The molecule has 0 saturated heterocycles. The Morgan fingerprint density at radius 1 is 1.20 bits per heavy atom. The van der Waals surface area contributed by atoms with Crippen LogP contribution in [0.3, 0.4) is 0 Å². The maximum Gasteiger partial charge on any atom is 0.145 e. The lowest BCUT2D eigenvalue weighted by molar-refractivity contribution is -0.127. The highest BCUT2D eigenvalue weighted by molar-refractivity contribution is 5.90. The third-order valence-corrected chi connectivity index (χ3v) is 2.67. The summed E-state index contributed by atoms with van der Waals surface area (Å²) in [4.78, 5) is 12.2. The van der Waals surface area contributed by atoms with Crippen molar-refractivity contribution in [2.24, 2.45) is 5.41 Å². The van der Waals surface area contributed by atoms with E-state index >= 15 is 0 Å². The van der Waals surface area contributed by atoms with Gasteiger partial charge in [0, 0.05) is 11.3 Å². The van der Waals surface area contributed by atoms with Gasteiger partial charge in [0.15, 0.2) is 0 Å². The van der Waals surface area contributed by atoms with Gasteiger partial charge in [-0.05, 0) is 12.0 Å². The Balaban J connectivity index is 2.96. The van der Waals surface area contributed by atoms with Gasteiger partial charge in [-0.3, -0.25) is 4.79 Å². The number of hydrogen-bond donors (Lipinski definition) is 0. The summed E-state index contributed by atoms with van der Waals surface area (Å²) in [5.41, 5.74) is 0.885. The highest BCUT2D eigenvalue weighted by Gasteiger charge is 2.29. The average molecular weight is 204 g/mol. The first-order valence-electron chi connectivity index (χ1n) is 5.56. The van der Waals surface area contributed by atoms with Crippen molar-refractivity contribution in [2.45, 2.75) is 40.0 Å². The fourth-order valence-corrected chi connectivity index (χ4v) is 1.78. The van der Waals surface area contributed by atoms with Gasteiger partial charge in [0.1, 0.15) is 5.78 Å². The van der Waals surface area contributed by atoms with Crippen LogP contribution in [0.5, 0.6) is 0 Å². The zero-order valence-corrected chi connectivity index (χ0v) is 10.1. The van der Waals surface area contributed by atoms with E-state index < -0.39 is 0 Å². The molecule has 0 N–H and O–H groups in total. The molecule has 0 aromatic heterocycles. The van der Waals surface area contributed by atoms with Crippen molar-refractivity contribution >= 4 is 5.78 Å². The van der Waals surface area contributed by atoms with Crippen LogP contribution in [-0.4, -0.2) is 5.78 Å². The van der Waals surface area contributed by atoms with Crippen molar-refractivity contribution in [3.05, 3.63) is 35.9 Å². The summed E-state index contributed by atoms with van der Waals surface area (Å²) in [5.74, 6) is 0.377. The topological polar surface area (TPSA) is 17.1 Å². The average Bonchev–Trinajstić information content (AvgIpc) is 2.19. The van der Waals surface area contributed by atoms with Crippen LogP contribution in [0.15, 0.2) is 30.3 Å². The standard InChI is InChI=1S/C14H20O/c1-5-12(13(15)14(2,3)4)11-9-7-6-8-10-11/h6-10,12H,5H2,1-4H3. The molecule has 15 heavy (non-hydrogen) atoms. The van der Waals surface area contributed by atoms with Gasteiger partial charge in [-0.15, -0.1) is 0 Å². The fraction of sp³-hybridized carbons (Fsp3) is 0.500. The summed E-state index contributed by atoms with van der Waals surface area (Å²) < 4.78 is 0. The molecule has 0 aliphatic carbocycles. The smallest absolute Gasteiger partial charge is 0.145 e. The van der Waals surface area contributed by atoms with Crippen LogP contribution in [0.4, 0.5) is 0 Å². The first-order valence-corrected chi connectivity index (χ1v) is 5.56. The van der Waals surface area contributed by atoms with E-state index in [1.807, 2.05) is 51.1 Å². The Morgan fingerprint density at radius 3 is 2.13 bits per heavy atom. The summed E-state index contributed by atoms with van der Waals surface area (Å²) in [5, 5.41) is 0. The lowest BCUT2D eigenvalue weighted by Crippen LogP contribution is -2.26. The van der Waals surface area contributed by atoms with Crippen molar-refractivity contribution in [1.29, 1.82) is 0 Å². The van der Waals surface area contributed by atoms with E-state index in [9.17, 15) is 4.79 Å². The molecule has 1 nitrogen and oxygen atoms in total. The van der Waals surface area contributed by atoms with Gasteiger partial charge >= 0.3 is 0 Å². The molecule has 0 aliphatic rings. The zero-order valence-electron chi connectivity index (χ0n) is 10.1. The Morgan fingerprint density at radius 2 is 1.73 bits per heavy atom. The van der Waals surface area contributed by atoms with E-state index in [1.54, 1.807) is 0 Å². The van der Waals surface area contributed by atoms with Crippen LogP contribution in [0, 0.1) is 5.41 Å². The van der Waals surface area contributed by atoms with Gasteiger partial charge in [0.05, 0.1) is 0 Å². The first-order chi connectivity index (χ1) is 6.96. The van der Waals surface area contributed by atoms with Crippen molar-refractivity contribution in [3.63, 3.8) is 0 Å². The molecule has 1 atom stereocenters. The minimum absolute atomic E-state index is 0.0474. The van der Waals surface area contributed by atoms with Crippen LogP contribution in [0.2, 0.25) is 0 Å². The fourth-order valence-electron chi connectivity index (χ4n) is 1.78. The normalized spacial score (nSPS) is 13.6. The van der Waals surface area contributed by atoms with Crippen LogP contribution in [0.25, 0.3) is 0 Å². The second-order valence-corrected chi connectivity index (χ2v) is 4.99. The molecule has 1 heteroatoms. The summed E-state index contributed by atoms with van der Waals surface area (Å²) >= 11 is 0. The zero-order chi connectivity index (χ0) is 11.5. The predicted octanol–water partition coefficient (Wildman–Crippen LogP) is 3.80. The number of carbonyl (C=O) groups is 1. The summed E-state index contributed by atoms with van der Waals surface area (Å²) in [6.07, 6.45) is 0.875. The molecule has 1 rings (SSSR count). The third kappa shape index (κ3) is 2.92. The van der Waals surface area contributed by atoms with E-state index in [2.05, 4.69) is 6.92 Å². The second-order valence-electron chi connectivity index (χ2n) is 4.99. The van der Waals surface area contributed by atoms with Gasteiger partial charge in [-0.25, -0.2) is 0 Å². The monoisotopic (exact) mass is 204 g/mol. The SMILES string of the molecule is CCC(C(=O)C(C)(C)C)c1ccccc1. The van der Waals surface area contributed by atoms with Crippen LogP contribution < -0.4 is 0 Å². The van der Waals surface area contributed by atoms with Crippen LogP contribution in [-0.2, 0) is 4.79 Å². The molecule has 0 bridgehead atoms. The van der Waals surface area contributed by atoms with Crippen molar-refractivity contribution in [1.82, 2.24) is 0 Å². The molecular weight excluding hydrogens is 184 g/mol. The summed E-state index contributed by atoms with van der Waals surface area (Å²) in [7, 11) is 0. The van der Waals surface area contributed by atoms with Crippen molar-refractivity contribution < 1.29 is 4.79 Å². The number of rotatable bonds is 3. The minimum atomic E-state index is -0.253. The van der Waals surface area contributed by atoms with Gasteiger partial charge < -0.3 is 0 Å². The number of benzene rings is 1. The Labute approximate surface area is 92.5 Å². The Hall–Kier alpha value is -1.11. The lowest BCUT2D eigenvalue weighted by Gasteiger charge is -2.24. The molecule has 1 aromatic rings. The Bertz CT molecular complexity index is 319. The van der Waals surface area contributed by atoms with Crippen LogP contribution >= 0.6 is 0 Å². The maximum absolute atomic E-state index is 12.2. The van der Waals surface area contributed by atoms with Crippen molar-refractivity contribution in [2.75, 3.05) is 0 Å². The van der Waals surface area contributed by atoms with E-state index in [0.29, 0.717) is 5.78 Å². The molecule has 1 unspecified atom stereocenters. The molecule has 0 amide bonds. The van der Waals surface area contributed by atoms with E-state index in [4.69, 9.17) is 0 Å². The van der Waals surface area contributed by atoms with Gasteiger partial charge in [0.2, 0.25) is 0 Å². The molecule has 0 saturated carbocycles. The summed E-state index contributed by atoms with van der Waals surface area (Å²) in [6.45, 7) is 8.03. The summed E-state index contributed by atoms with van der Waals surface area (Å²) in [6, 6.07) is 10.1. The number of hydrogen-bond acceptors (Lipinski definition) is 1. The van der Waals surface area contributed by atoms with E-state index in [1.165, 1.54) is 0 Å². The van der Waals surface area contributed by atoms with Gasteiger partial charge in [0.25, 0.3) is 0 Å². The molecule has 0 heterocycles. The number of carbonyl (C=O) groups excluding carboxylic acids is 1. The molecule has 0 spiro atoms. The maximum atomic E-state index is 12.2. The molecular formula is C14H20O. The molecule has 0 fully saturated rings. The minimum Gasteiger partial charge on any atom is -0.298 e. The highest BCUT2D eigenvalue weighted by Crippen LogP contribution is 2.29. The quantitative estimate of drug-likeness (QED) is 0.732. The number of ketones is 1. The van der Waals surface area contributed by atoms with Crippen molar-refractivity contribution in [3.8, 4) is 0 Å². The largest absolute Gasteiger partial charge is 0.298 e. The third-order valence-electron chi connectivity index (χ3n) is 2.67. The van der Waals surface area contributed by atoms with Gasteiger partial charge in [-0.2, -0.15) is 0 Å². The van der Waals surface area contributed by atoms with E-state index in [-0.39, 0.29) is 11.3 Å². The highest BCUT2D eigenvalue weighted by atomic mass is 16.1. The molecule has 1 aromatic carbocycles. The predicted molar refractivity (Wildman–Crippen MR) is 63.9 cm³/mol. The van der Waals surface area contributed by atoms with E-state index in [0.717, 1.165) is 12.0 Å². The first kappa shape index (κ1) is 12.0. The second kappa shape index (κ2) is 4.61. The molecule has 0 aliphatic heterocycles. The number of Topliss-reactive ketones (excluding diaryl/α,β-unsaturated/α-hetero) is 1. The van der Waals surface area contributed by atoms with Crippen LogP contribution in [0.1, 0.15) is 45.6 Å². The molecule has 82 valence electrons. The lowest BCUT2D eigenvalue weighted by atomic mass is 9.79.